The number of rotatable bonds is 7. The lowest BCUT2D eigenvalue weighted by molar-refractivity contribution is 0.0941. The molecule has 16 heavy (non-hydrogen) atoms. The van der Waals surface area contributed by atoms with E-state index in [2.05, 4.69) is 20.8 Å². The van der Waals surface area contributed by atoms with Crippen LogP contribution in [0.4, 0.5) is 4.79 Å². The van der Waals surface area contributed by atoms with Crippen LogP contribution in [-0.2, 0) is 9.16 Å². The molecule has 0 spiro atoms. The van der Waals surface area contributed by atoms with Crippen LogP contribution in [0.3, 0.4) is 0 Å². The molecule has 0 unspecified atom stereocenters. The highest BCUT2D eigenvalue weighted by Gasteiger charge is 2.31. The zero-order chi connectivity index (χ0) is 12.6. The molecule has 0 atom stereocenters. The third-order valence-corrected chi connectivity index (χ3v) is 6.43. The quantitative estimate of drug-likeness (QED) is 0.381. The molecule has 0 saturated heterocycles. The third-order valence-electron chi connectivity index (χ3n) is 2.95. The highest BCUT2D eigenvalue weighted by Crippen LogP contribution is 2.21. The Morgan fingerprint density at radius 2 is 1.81 bits per heavy atom. The van der Waals surface area contributed by atoms with Crippen LogP contribution < -0.4 is 0 Å². The van der Waals surface area contributed by atoms with Crippen LogP contribution in [0.2, 0.25) is 18.6 Å². The minimum atomic E-state index is -1.89. The van der Waals surface area contributed by atoms with Gasteiger partial charge in [-0.3, -0.25) is 0 Å². The van der Waals surface area contributed by atoms with E-state index in [1.54, 1.807) is 0 Å². The third kappa shape index (κ3) is 6.88. The predicted molar refractivity (Wildman–Crippen MR) is 69.2 cm³/mol. The molecule has 0 N–H and O–H groups in total. The van der Waals surface area contributed by atoms with E-state index in [4.69, 9.17) is 9.16 Å². The number of carbonyl (C=O) groups excluding carboxylic acids is 1. The number of carbonyl (C=O) groups is 1. The Morgan fingerprint density at radius 3 is 2.31 bits per heavy atom. The fourth-order valence-corrected chi connectivity index (χ4v) is 1.77. The van der Waals surface area contributed by atoms with E-state index < -0.39 is 14.5 Å². The maximum Gasteiger partial charge on any atom is 0.494 e. The smallest absolute Gasteiger partial charge is 0.489 e. The van der Waals surface area contributed by atoms with Gasteiger partial charge in [-0.05, 0) is 25.1 Å². The molecule has 0 aliphatic carbocycles. The molecular weight excluding hydrogens is 220 g/mol. The van der Waals surface area contributed by atoms with Crippen LogP contribution in [-0.4, -0.2) is 21.1 Å². The summed E-state index contributed by atoms with van der Waals surface area (Å²) in [7, 11) is -1.89. The SMILES string of the molecule is CCCCCCOC(=O)O[Si](C)(C)C(C)C. The van der Waals surface area contributed by atoms with Gasteiger partial charge in [0.05, 0.1) is 6.61 Å². The van der Waals surface area contributed by atoms with Gasteiger partial charge >= 0.3 is 6.16 Å². The normalized spacial score (nSPS) is 11.6. The second kappa shape index (κ2) is 7.71. The fourth-order valence-electron chi connectivity index (χ4n) is 1.05. The monoisotopic (exact) mass is 246 g/mol. The molecule has 0 amide bonds. The predicted octanol–water partition coefficient (Wildman–Crippen LogP) is 4.34. The topological polar surface area (TPSA) is 35.5 Å². The van der Waals surface area contributed by atoms with Crippen molar-refractivity contribution in [3.63, 3.8) is 0 Å². The van der Waals surface area contributed by atoms with Crippen molar-refractivity contribution in [1.82, 2.24) is 0 Å². The first-order chi connectivity index (χ1) is 7.40. The highest BCUT2D eigenvalue weighted by molar-refractivity contribution is 6.73. The van der Waals surface area contributed by atoms with Crippen molar-refractivity contribution < 1.29 is 14.0 Å². The standard InChI is InChI=1S/C12H26O3Si/c1-6-7-8-9-10-14-12(13)15-16(4,5)11(2)3/h11H,6-10H2,1-5H3. The molecule has 0 aromatic heterocycles. The van der Waals surface area contributed by atoms with E-state index in [9.17, 15) is 4.79 Å². The van der Waals surface area contributed by atoms with Crippen molar-refractivity contribution in [1.29, 1.82) is 0 Å². The van der Waals surface area contributed by atoms with Crippen molar-refractivity contribution in [3.8, 4) is 0 Å². The Bertz CT molecular complexity index is 202. The summed E-state index contributed by atoms with van der Waals surface area (Å²) >= 11 is 0. The minimum absolute atomic E-state index is 0.417. The molecule has 0 aromatic carbocycles. The molecule has 0 saturated carbocycles. The van der Waals surface area contributed by atoms with Crippen molar-refractivity contribution >= 4 is 14.5 Å². The summed E-state index contributed by atoms with van der Waals surface area (Å²) in [5.41, 5.74) is 0.417. The first kappa shape index (κ1) is 15.5. The van der Waals surface area contributed by atoms with Crippen LogP contribution in [0.15, 0.2) is 0 Å². The molecule has 0 aliphatic heterocycles. The lowest BCUT2D eigenvalue weighted by Crippen LogP contribution is -2.36. The van der Waals surface area contributed by atoms with Crippen LogP contribution in [0.1, 0.15) is 46.5 Å². The van der Waals surface area contributed by atoms with Gasteiger partial charge in [0.2, 0.25) is 0 Å². The van der Waals surface area contributed by atoms with E-state index >= 15 is 0 Å². The molecule has 0 bridgehead atoms. The number of unbranched alkanes of at least 4 members (excludes halogenated alkanes) is 3. The Kier molecular flexibility index (Phi) is 7.46. The maximum absolute atomic E-state index is 11.4. The fraction of sp³-hybridized carbons (Fsp3) is 0.917. The lowest BCUT2D eigenvalue weighted by Gasteiger charge is -2.25. The van der Waals surface area contributed by atoms with E-state index in [-0.39, 0.29) is 0 Å². The van der Waals surface area contributed by atoms with Crippen LogP contribution in [0.25, 0.3) is 0 Å². The van der Waals surface area contributed by atoms with Gasteiger partial charge < -0.3 is 9.16 Å². The largest absolute Gasteiger partial charge is 0.494 e. The highest BCUT2D eigenvalue weighted by atomic mass is 28.4. The Hall–Kier alpha value is -0.513. The summed E-state index contributed by atoms with van der Waals surface area (Å²) in [6, 6.07) is 0. The second-order valence-electron chi connectivity index (χ2n) is 5.02. The molecule has 0 aliphatic rings. The van der Waals surface area contributed by atoms with E-state index in [0.717, 1.165) is 12.8 Å². The van der Waals surface area contributed by atoms with Crippen LogP contribution in [0.5, 0.6) is 0 Å². The van der Waals surface area contributed by atoms with Gasteiger partial charge in [-0.1, -0.05) is 40.0 Å². The van der Waals surface area contributed by atoms with Crippen LogP contribution in [0, 0.1) is 0 Å². The van der Waals surface area contributed by atoms with Gasteiger partial charge in [0, 0.05) is 0 Å². The summed E-state index contributed by atoms with van der Waals surface area (Å²) in [6.07, 6.45) is 3.96. The van der Waals surface area contributed by atoms with E-state index in [0.29, 0.717) is 12.1 Å². The summed E-state index contributed by atoms with van der Waals surface area (Å²) in [4.78, 5) is 11.4. The molecule has 3 nitrogen and oxygen atoms in total. The summed E-state index contributed by atoms with van der Waals surface area (Å²) < 4.78 is 10.4. The van der Waals surface area contributed by atoms with E-state index in [1.807, 2.05) is 13.1 Å². The molecule has 0 rings (SSSR count). The van der Waals surface area contributed by atoms with E-state index in [1.165, 1.54) is 12.8 Å². The number of hydrogen-bond acceptors (Lipinski definition) is 3. The maximum atomic E-state index is 11.4. The molecular formula is C12H26O3Si. The first-order valence-corrected chi connectivity index (χ1v) is 9.24. The second-order valence-corrected chi connectivity index (χ2v) is 9.59. The van der Waals surface area contributed by atoms with Crippen LogP contribution >= 0.6 is 0 Å². The molecule has 0 aromatic rings. The summed E-state index contributed by atoms with van der Waals surface area (Å²) in [6.45, 7) is 10.9. The van der Waals surface area contributed by atoms with Gasteiger partial charge in [0.25, 0.3) is 8.32 Å². The van der Waals surface area contributed by atoms with Gasteiger partial charge in [-0.15, -0.1) is 0 Å². The molecule has 96 valence electrons. The molecule has 0 heterocycles. The lowest BCUT2D eigenvalue weighted by atomic mass is 10.2. The summed E-state index contributed by atoms with van der Waals surface area (Å²) in [5, 5.41) is 0. The van der Waals surface area contributed by atoms with Gasteiger partial charge in [0.15, 0.2) is 0 Å². The zero-order valence-corrected chi connectivity index (χ0v) is 12.3. The van der Waals surface area contributed by atoms with Gasteiger partial charge in [-0.2, -0.15) is 0 Å². The van der Waals surface area contributed by atoms with Crippen molar-refractivity contribution in [2.75, 3.05) is 6.61 Å². The Labute approximate surface area is 101 Å². The molecule has 0 fully saturated rings. The Morgan fingerprint density at radius 1 is 1.19 bits per heavy atom. The first-order valence-electron chi connectivity index (χ1n) is 6.26. The van der Waals surface area contributed by atoms with Gasteiger partial charge in [-0.25, -0.2) is 4.79 Å². The molecule has 4 heteroatoms. The Balaban J connectivity index is 3.66. The average molecular weight is 246 g/mol. The molecule has 0 radical (unpaired) electrons. The zero-order valence-electron chi connectivity index (χ0n) is 11.3. The average Bonchev–Trinajstić information content (AvgIpc) is 2.16. The van der Waals surface area contributed by atoms with Crippen molar-refractivity contribution in [2.45, 2.75) is 65.1 Å². The van der Waals surface area contributed by atoms with Gasteiger partial charge in [0.1, 0.15) is 0 Å². The van der Waals surface area contributed by atoms with Crippen molar-refractivity contribution in [3.05, 3.63) is 0 Å². The summed E-state index contributed by atoms with van der Waals surface area (Å²) in [5.74, 6) is 0. The van der Waals surface area contributed by atoms with Crippen molar-refractivity contribution in [2.24, 2.45) is 0 Å². The number of hydrogen-bond donors (Lipinski definition) is 0. The minimum Gasteiger partial charge on any atom is -0.489 e. The number of ether oxygens (including phenoxy) is 1.